The van der Waals surface area contributed by atoms with Gasteiger partial charge >= 0.3 is 0 Å². The van der Waals surface area contributed by atoms with Crippen molar-refractivity contribution in [1.82, 2.24) is 4.98 Å². The van der Waals surface area contributed by atoms with E-state index in [1.165, 1.54) is 11.3 Å². The summed E-state index contributed by atoms with van der Waals surface area (Å²) >= 11 is 7.86. The molecule has 1 aliphatic carbocycles. The lowest BCUT2D eigenvalue weighted by Gasteiger charge is -2.37. The number of amides is 1. The minimum Gasteiger partial charge on any atom is -0.497 e. The van der Waals surface area contributed by atoms with E-state index in [9.17, 15) is 9.59 Å². The highest BCUT2D eigenvalue weighted by Crippen LogP contribution is 2.49. The Morgan fingerprint density at radius 1 is 1.15 bits per heavy atom. The first-order chi connectivity index (χ1) is 16.4. The van der Waals surface area contributed by atoms with Crippen molar-refractivity contribution in [2.75, 3.05) is 12.0 Å². The van der Waals surface area contributed by atoms with E-state index in [2.05, 4.69) is 6.07 Å². The molecule has 0 N–H and O–H groups in total. The number of ether oxygens (including phenoxy) is 2. The van der Waals surface area contributed by atoms with Gasteiger partial charge in [0.1, 0.15) is 11.9 Å². The minimum atomic E-state index is -0.612. The van der Waals surface area contributed by atoms with Crippen LogP contribution in [0.4, 0.5) is 5.13 Å². The van der Waals surface area contributed by atoms with Gasteiger partial charge in [0.25, 0.3) is 5.91 Å². The summed E-state index contributed by atoms with van der Waals surface area (Å²) in [6.45, 7) is 2.03. The van der Waals surface area contributed by atoms with Gasteiger partial charge in [0, 0.05) is 5.38 Å². The van der Waals surface area contributed by atoms with Crippen LogP contribution in [0.2, 0.25) is 0 Å². The highest BCUT2D eigenvalue weighted by Gasteiger charge is 2.53. The molecule has 174 valence electrons. The predicted octanol–water partition coefficient (Wildman–Crippen LogP) is 5.33. The topological polar surface area (TPSA) is 68.7 Å². The molecule has 1 amide bonds. The highest BCUT2D eigenvalue weighted by molar-refractivity contribution is 7.22. The molecule has 2 aromatic carbocycles. The van der Waals surface area contributed by atoms with Crippen LogP contribution in [0.25, 0.3) is 10.2 Å². The molecule has 3 aromatic rings. The van der Waals surface area contributed by atoms with Crippen molar-refractivity contribution in [3.63, 3.8) is 0 Å². The van der Waals surface area contributed by atoms with Gasteiger partial charge in [-0.15, -0.1) is 11.6 Å². The standard InChI is InChI=1S/C26H23ClN2O4S/c1-13-3-9-18-20(11-13)34-26(28-18)29-22(14-4-7-16(32-2)8-5-14)21-23(30)17-12-15(27)6-10-19(17)33-24(21)25(29)31/h3-5,7-9,11,15,17,19,22H,6,10,12H2,1-2H3. The second kappa shape index (κ2) is 8.10. The molecular weight excluding hydrogens is 472 g/mol. The fourth-order valence-electron chi connectivity index (χ4n) is 5.24. The molecule has 0 saturated heterocycles. The number of hydrogen-bond acceptors (Lipinski definition) is 6. The third kappa shape index (κ3) is 3.33. The van der Waals surface area contributed by atoms with Crippen LogP contribution in [0.5, 0.6) is 5.75 Å². The second-order valence-electron chi connectivity index (χ2n) is 9.10. The van der Waals surface area contributed by atoms with Crippen LogP contribution in [-0.2, 0) is 14.3 Å². The smallest absolute Gasteiger partial charge is 0.296 e. The molecule has 8 heteroatoms. The third-order valence-electron chi connectivity index (χ3n) is 6.95. The van der Waals surface area contributed by atoms with Gasteiger partial charge in [-0.25, -0.2) is 4.98 Å². The number of benzene rings is 2. The quantitative estimate of drug-likeness (QED) is 0.460. The molecule has 1 saturated carbocycles. The van der Waals surface area contributed by atoms with Gasteiger partial charge in [-0.3, -0.25) is 14.5 Å². The van der Waals surface area contributed by atoms with Gasteiger partial charge in [0.05, 0.1) is 34.9 Å². The van der Waals surface area contributed by atoms with Crippen LogP contribution in [0.15, 0.2) is 53.8 Å². The van der Waals surface area contributed by atoms with E-state index < -0.39 is 6.04 Å². The second-order valence-corrected chi connectivity index (χ2v) is 10.7. The Morgan fingerprint density at radius 3 is 2.71 bits per heavy atom. The number of methoxy groups -OCH3 is 1. The molecule has 6 rings (SSSR count). The van der Waals surface area contributed by atoms with Gasteiger partial charge < -0.3 is 9.47 Å². The Balaban J connectivity index is 1.49. The Labute approximate surface area is 206 Å². The number of hydrogen-bond donors (Lipinski definition) is 0. The Morgan fingerprint density at radius 2 is 1.94 bits per heavy atom. The van der Waals surface area contributed by atoms with E-state index >= 15 is 0 Å². The van der Waals surface area contributed by atoms with E-state index in [0.717, 1.165) is 27.8 Å². The number of thiazole rings is 1. The zero-order valence-corrected chi connectivity index (χ0v) is 20.4. The number of anilines is 1. The number of nitrogens with zero attached hydrogens (tertiary/aromatic N) is 2. The first-order valence-corrected chi connectivity index (χ1v) is 12.6. The number of carbonyl (C=O) groups excluding carboxylic acids is 2. The van der Waals surface area contributed by atoms with Crippen molar-refractivity contribution >= 4 is 50.0 Å². The van der Waals surface area contributed by atoms with Crippen LogP contribution in [0, 0.1) is 12.8 Å². The van der Waals surface area contributed by atoms with E-state index in [1.807, 2.05) is 43.3 Å². The lowest BCUT2D eigenvalue weighted by Crippen LogP contribution is -2.41. The number of ketones is 1. The van der Waals surface area contributed by atoms with E-state index in [1.54, 1.807) is 12.0 Å². The summed E-state index contributed by atoms with van der Waals surface area (Å²) in [6.07, 6.45) is 1.70. The summed E-state index contributed by atoms with van der Waals surface area (Å²) in [7, 11) is 1.61. The van der Waals surface area contributed by atoms with Crippen molar-refractivity contribution in [2.24, 2.45) is 5.92 Å². The van der Waals surface area contributed by atoms with Crippen molar-refractivity contribution in [1.29, 1.82) is 0 Å². The fraction of sp³-hybridized carbons (Fsp3) is 0.346. The Hall–Kier alpha value is -2.90. The van der Waals surface area contributed by atoms with Crippen molar-refractivity contribution in [3.8, 4) is 5.75 Å². The van der Waals surface area contributed by atoms with Crippen LogP contribution < -0.4 is 9.64 Å². The maximum Gasteiger partial charge on any atom is 0.296 e. The first kappa shape index (κ1) is 21.6. The number of aromatic nitrogens is 1. The van der Waals surface area contributed by atoms with Crippen molar-refractivity contribution in [3.05, 3.63) is 64.9 Å². The number of fused-ring (bicyclic) bond motifs is 2. The Bertz CT molecular complexity index is 1350. The predicted molar refractivity (Wildman–Crippen MR) is 131 cm³/mol. The maximum absolute atomic E-state index is 13.8. The largest absolute Gasteiger partial charge is 0.497 e. The van der Waals surface area contributed by atoms with Crippen LogP contribution in [0.3, 0.4) is 0 Å². The molecule has 34 heavy (non-hydrogen) atoms. The first-order valence-electron chi connectivity index (χ1n) is 11.4. The summed E-state index contributed by atoms with van der Waals surface area (Å²) in [5, 5.41) is 0.492. The van der Waals surface area contributed by atoms with Crippen molar-refractivity contribution < 1.29 is 19.1 Å². The third-order valence-corrected chi connectivity index (χ3v) is 8.37. The molecule has 0 spiro atoms. The van der Waals surface area contributed by atoms with Crippen LogP contribution >= 0.6 is 22.9 Å². The molecule has 1 fully saturated rings. The van der Waals surface area contributed by atoms with Crippen molar-refractivity contribution in [2.45, 2.75) is 43.7 Å². The van der Waals surface area contributed by atoms with E-state index in [4.69, 9.17) is 26.1 Å². The van der Waals surface area contributed by atoms with Gasteiger partial charge in [-0.05, 0) is 61.6 Å². The van der Waals surface area contributed by atoms with Crippen LogP contribution in [-0.4, -0.2) is 35.3 Å². The average molecular weight is 495 g/mol. The molecule has 6 nitrogen and oxygen atoms in total. The van der Waals surface area contributed by atoms with E-state index in [0.29, 0.717) is 29.3 Å². The molecule has 3 heterocycles. The van der Waals surface area contributed by atoms with Gasteiger partial charge in [0.2, 0.25) is 0 Å². The molecule has 3 aliphatic rings. The lowest BCUT2D eigenvalue weighted by molar-refractivity contribution is -0.131. The highest BCUT2D eigenvalue weighted by atomic mass is 35.5. The van der Waals surface area contributed by atoms with Gasteiger partial charge in [-0.1, -0.05) is 29.5 Å². The number of Topliss-reactive ketones (excluding diaryl/α,β-unsaturated/α-hetero) is 1. The molecule has 0 bridgehead atoms. The summed E-state index contributed by atoms with van der Waals surface area (Å²) < 4.78 is 12.6. The number of rotatable bonds is 3. The van der Waals surface area contributed by atoms with E-state index in [-0.39, 0.29) is 34.8 Å². The van der Waals surface area contributed by atoms with Crippen LogP contribution in [0.1, 0.15) is 36.4 Å². The Kier molecular flexibility index (Phi) is 5.15. The zero-order valence-electron chi connectivity index (χ0n) is 18.8. The molecule has 2 aliphatic heterocycles. The summed E-state index contributed by atoms with van der Waals surface area (Å²) in [4.78, 5) is 34.0. The number of carbonyl (C=O) groups is 2. The maximum atomic E-state index is 13.8. The van der Waals surface area contributed by atoms with Gasteiger partial charge in [-0.2, -0.15) is 0 Å². The molecular formula is C26H23ClN2O4S. The SMILES string of the molecule is COc1ccc(C2C3=C(OC4CCC(Cl)CC4C3=O)C(=O)N2c2nc3ccc(C)cc3s2)cc1. The monoisotopic (exact) mass is 494 g/mol. The number of halogens is 1. The summed E-state index contributed by atoms with van der Waals surface area (Å²) in [5.74, 6) is 0.182. The molecule has 1 aromatic heterocycles. The molecule has 4 atom stereocenters. The lowest BCUT2D eigenvalue weighted by atomic mass is 9.77. The number of alkyl halides is 1. The zero-order chi connectivity index (χ0) is 23.6. The number of aryl methyl sites for hydroxylation is 1. The average Bonchev–Trinajstić information content (AvgIpc) is 3.38. The van der Waals surface area contributed by atoms with Gasteiger partial charge in [0.15, 0.2) is 16.7 Å². The minimum absolute atomic E-state index is 0.0368. The summed E-state index contributed by atoms with van der Waals surface area (Å²) in [5.41, 5.74) is 3.17. The normalized spacial score (nSPS) is 26.5. The summed E-state index contributed by atoms with van der Waals surface area (Å²) in [6, 6.07) is 12.9. The molecule has 4 unspecified atom stereocenters. The fourth-order valence-corrected chi connectivity index (χ4v) is 6.65. The molecule has 0 radical (unpaired) electrons.